The van der Waals surface area contributed by atoms with Crippen LogP contribution in [0, 0.1) is 6.92 Å². The molecule has 0 aliphatic heterocycles. The van der Waals surface area contributed by atoms with Gasteiger partial charge in [-0.3, -0.25) is 4.79 Å². The molecule has 0 aliphatic carbocycles. The molecule has 0 heterocycles. The highest BCUT2D eigenvalue weighted by atomic mass is 35.5. The van der Waals surface area contributed by atoms with Gasteiger partial charge >= 0.3 is 0 Å². The molecule has 0 unspecified atom stereocenters. The van der Waals surface area contributed by atoms with Gasteiger partial charge in [-0.25, -0.2) is 4.79 Å². The van der Waals surface area contributed by atoms with E-state index in [0.717, 1.165) is 5.56 Å². The van der Waals surface area contributed by atoms with Gasteiger partial charge in [-0.2, -0.15) is 4.99 Å². The summed E-state index contributed by atoms with van der Waals surface area (Å²) >= 11 is 6.00. The summed E-state index contributed by atoms with van der Waals surface area (Å²) in [5.41, 5.74) is 2.08. The Labute approximate surface area is 121 Å². The number of para-hydroxylation sites is 1. The van der Waals surface area contributed by atoms with Gasteiger partial charge < -0.3 is 5.32 Å². The van der Waals surface area contributed by atoms with Gasteiger partial charge in [0.2, 0.25) is 6.08 Å². The molecule has 0 saturated heterocycles. The highest BCUT2D eigenvalue weighted by Gasteiger charge is 2.11. The molecule has 0 aromatic heterocycles. The molecule has 2 aromatic rings. The molecular formula is C15H11ClN2O2. The summed E-state index contributed by atoms with van der Waals surface area (Å²) in [5, 5.41) is 3.28. The molecule has 1 N–H and O–H groups in total. The molecule has 5 heteroatoms. The van der Waals surface area contributed by atoms with Crippen molar-refractivity contribution in [1.29, 1.82) is 0 Å². The number of nitrogens with one attached hydrogen (secondary N) is 1. The van der Waals surface area contributed by atoms with Gasteiger partial charge in [-0.05, 0) is 36.8 Å². The SMILES string of the molecule is Cc1ccc(NC(=O)c2ccccc2N=C=O)cc1Cl. The third-order valence-electron chi connectivity index (χ3n) is 2.74. The van der Waals surface area contributed by atoms with E-state index in [4.69, 9.17) is 11.6 Å². The van der Waals surface area contributed by atoms with Crippen molar-refractivity contribution in [3.63, 3.8) is 0 Å². The number of halogens is 1. The summed E-state index contributed by atoms with van der Waals surface area (Å²) < 4.78 is 0. The molecule has 1 amide bonds. The van der Waals surface area contributed by atoms with Crippen molar-refractivity contribution in [1.82, 2.24) is 0 Å². The highest BCUT2D eigenvalue weighted by Crippen LogP contribution is 2.23. The predicted molar refractivity (Wildman–Crippen MR) is 78.4 cm³/mol. The number of aliphatic imine (C=N–C) groups is 1. The van der Waals surface area contributed by atoms with Crippen LogP contribution in [-0.2, 0) is 4.79 Å². The minimum absolute atomic E-state index is 0.276. The van der Waals surface area contributed by atoms with Crippen molar-refractivity contribution >= 4 is 35.0 Å². The molecule has 0 bridgehead atoms. The molecule has 100 valence electrons. The third-order valence-corrected chi connectivity index (χ3v) is 3.15. The van der Waals surface area contributed by atoms with E-state index >= 15 is 0 Å². The lowest BCUT2D eigenvalue weighted by atomic mass is 10.1. The van der Waals surface area contributed by atoms with Crippen LogP contribution in [0.1, 0.15) is 15.9 Å². The molecule has 2 rings (SSSR count). The number of benzene rings is 2. The van der Waals surface area contributed by atoms with Crippen LogP contribution in [-0.4, -0.2) is 12.0 Å². The second kappa shape index (κ2) is 6.15. The van der Waals surface area contributed by atoms with Crippen molar-refractivity contribution in [2.75, 3.05) is 5.32 Å². The maximum absolute atomic E-state index is 12.2. The summed E-state index contributed by atoms with van der Waals surface area (Å²) in [6, 6.07) is 11.8. The number of anilines is 1. The number of amides is 1. The summed E-state index contributed by atoms with van der Waals surface area (Å²) in [7, 11) is 0. The molecule has 2 aromatic carbocycles. The Morgan fingerprint density at radius 1 is 1.25 bits per heavy atom. The average molecular weight is 287 g/mol. The van der Waals surface area contributed by atoms with Gasteiger partial charge in [-0.1, -0.05) is 29.8 Å². The molecule has 0 fully saturated rings. The van der Waals surface area contributed by atoms with E-state index in [-0.39, 0.29) is 11.6 Å². The fraction of sp³-hybridized carbons (Fsp3) is 0.0667. The monoisotopic (exact) mass is 286 g/mol. The van der Waals surface area contributed by atoms with E-state index in [9.17, 15) is 9.59 Å². The third kappa shape index (κ3) is 3.12. The predicted octanol–water partition coefficient (Wildman–Crippen LogP) is 3.87. The van der Waals surface area contributed by atoms with Crippen LogP contribution in [0.2, 0.25) is 5.02 Å². The van der Waals surface area contributed by atoms with E-state index in [1.165, 1.54) is 6.08 Å². The van der Waals surface area contributed by atoms with Gasteiger partial charge in [0.05, 0.1) is 11.3 Å². The van der Waals surface area contributed by atoms with E-state index in [2.05, 4.69) is 10.3 Å². The number of isocyanates is 1. The second-order valence-electron chi connectivity index (χ2n) is 4.14. The lowest BCUT2D eigenvalue weighted by molar-refractivity contribution is 0.102. The number of hydrogen-bond acceptors (Lipinski definition) is 3. The van der Waals surface area contributed by atoms with Gasteiger partial charge in [0.15, 0.2) is 0 Å². The minimum atomic E-state index is -0.362. The van der Waals surface area contributed by atoms with E-state index < -0.39 is 0 Å². The molecular weight excluding hydrogens is 276 g/mol. The van der Waals surface area contributed by atoms with Gasteiger partial charge in [-0.15, -0.1) is 0 Å². The van der Waals surface area contributed by atoms with Gasteiger partial charge in [0.25, 0.3) is 5.91 Å². The first-order valence-electron chi connectivity index (χ1n) is 5.86. The van der Waals surface area contributed by atoms with Crippen LogP contribution < -0.4 is 5.32 Å². The highest BCUT2D eigenvalue weighted by molar-refractivity contribution is 6.31. The number of carbonyl (C=O) groups excluding carboxylic acids is 2. The van der Waals surface area contributed by atoms with Crippen molar-refractivity contribution < 1.29 is 9.59 Å². The fourth-order valence-corrected chi connectivity index (χ4v) is 1.86. The number of nitrogens with zero attached hydrogens (tertiary/aromatic N) is 1. The Bertz CT molecular complexity index is 707. The molecule has 0 spiro atoms. The summed E-state index contributed by atoms with van der Waals surface area (Å²) in [5.74, 6) is -0.362. The Morgan fingerprint density at radius 2 is 2.00 bits per heavy atom. The van der Waals surface area contributed by atoms with Crippen molar-refractivity contribution in [3.8, 4) is 0 Å². The second-order valence-corrected chi connectivity index (χ2v) is 4.55. The quantitative estimate of drug-likeness (QED) is 0.688. The first-order chi connectivity index (χ1) is 9.61. The molecule has 4 nitrogen and oxygen atoms in total. The first kappa shape index (κ1) is 14.0. The van der Waals surface area contributed by atoms with Gasteiger partial charge in [0, 0.05) is 10.7 Å². The maximum Gasteiger partial charge on any atom is 0.257 e. The van der Waals surface area contributed by atoms with E-state index in [0.29, 0.717) is 16.3 Å². The van der Waals surface area contributed by atoms with Crippen LogP contribution in [0.5, 0.6) is 0 Å². The van der Waals surface area contributed by atoms with E-state index in [1.807, 2.05) is 13.0 Å². The number of hydrogen-bond donors (Lipinski definition) is 1. The van der Waals surface area contributed by atoms with Crippen LogP contribution in [0.3, 0.4) is 0 Å². The Kier molecular flexibility index (Phi) is 4.31. The van der Waals surface area contributed by atoms with Crippen LogP contribution >= 0.6 is 11.6 Å². The van der Waals surface area contributed by atoms with Crippen molar-refractivity contribution in [2.24, 2.45) is 4.99 Å². The maximum atomic E-state index is 12.2. The Balaban J connectivity index is 2.28. The molecule has 0 saturated carbocycles. The normalized spacial score (nSPS) is 9.70. The Hall–Kier alpha value is -2.42. The lowest BCUT2D eigenvalue weighted by Gasteiger charge is -2.08. The summed E-state index contributed by atoms with van der Waals surface area (Å²) in [6.07, 6.45) is 1.43. The van der Waals surface area contributed by atoms with Crippen LogP contribution in [0.15, 0.2) is 47.5 Å². The largest absolute Gasteiger partial charge is 0.322 e. The summed E-state index contributed by atoms with van der Waals surface area (Å²) in [4.78, 5) is 26.0. The zero-order chi connectivity index (χ0) is 14.5. The lowest BCUT2D eigenvalue weighted by Crippen LogP contribution is -2.12. The standard InChI is InChI=1S/C15H11ClN2O2/c1-10-6-7-11(8-13(10)16)18-15(20)12-4-2-3-5-14(12)17-9-19/h2-8H,1H3,(H,18,20). The minimum Gasteiger partial charge on any atom is -0.322 e. The smallest absolute Gasteiger partial charge is 0.257 e. The zero-order valence-electron chi connectivity index (χ0n) is 10.7. The number of aryl methyl sites for hydroxylation is 1. The zero-order valence-corrected chi connectivity index (χ0v) is 11.4. The first-order valence-corrected chi connectivity index (χ1v) is 6.24. The topological polar surface area (TPSA) is 58.5 Å². The Morgan fingerprint density at radius 3 is 2.70 bits per heavy atom. The number of rotatable bonds is 3. The molecule has 0 atom stereocenters. The van der Waals surface area contributed by atoms with Crippen LogP contribution in [0.4, 0.5) is 11.4 Å². The number of carbonyl (C=O) groups is 1. The van der Waals surface area contributed by atoms with Crippen molar-refractivity contribution in [2.45, 2.75) is 6.92 Å². The average Bonchev–Trinajstić information content (AvgIpc) is 2.44. The van der Waals surface area contributed by atoms with Gasteiger partial charge in [0.1, 0.15) is 0 Å². The molecule has 20 heavy (non-hydrogen) atoms. The van der Waals surface area contributed by atoms with Crippen molar-refractivity contribution in [3.05, 3.63) is 58.6 Å². The molecule has 0 aliphatic rings. The summed E-state index contributed by atoms with van der Waals surface area (Å²) in [6.45, 7) is 1.88. The van der Waals surface area contributed by atoms with Crippen LogP contribution in [0.25, 0.3) is 0 Å². The molecule has 0 radical (unpaired) electrons. The van der Waals surface area contributed by atoms with E-state index in [1.54, 1.807) is 36.4 Å². The fourth-order valence-electron chi connectivity index (χ4n) is 1.68.